The highest BCUT2D eigenvalue weighted by atomic mass is 32.2. The van der Waals surface area contributed by atoms with Gasteiger partial charge in [-0.2, -0.15) is 0 Å². The molecule has 0 unspecified atom stereocenters. The minimum absolute atomic E-state index is 0.126. The van der Waals surface area contributed by atoms with Crippen molar-refractivity contribution in [2.75, 3.05) is 7.11 Å². The minimum atomic E-state index is -4.45. The number of benzene rings is 3. The highest BCUT2D eigenvalue weighted by Crippen LogP contribution is 2.43. The van der Waals surface area contributed by atoms with E-state index in [-0.39, 0.29) is 17.0 Å². The van der Waals surface area contributed by atoms with Crippen LogP contribution in [0.15, 0.2) is 102 Å². The largest absolute Gasteiger partial charge is 0.497 e. The van der Waals surface area contributed by atoms with Crippen molar-refractivity contribution < 1.29 is 37.0 Å². The molecule has 0 saturated carbocycles. The summed E-state index contributed by atoms with van der Waals surface area (Å²) >= 11 is 0. The van der Waals surface area contributed by atoms with Crippen molar-refractivity contribution in [2.45, 2.75) is 35.0 Å². The van der Waals surface area contributed by atoms with Crippen LogP contribution >= 0.6 is 0 Å². The number of methoxy groups -OCH3 is 1. The van der Waals surface area contributed by atoms with Gasteiger partial charge in [-0.3, -0.25) is 14.5 Å². The van der Waals surface area contributed by atoms with E-state index in [1.807, 2.05) is 0 Å². The SMILES string of the molecule is COc1ccc(CN2C(=O)C[C@]([C@@H]3C=C[C@H](OC(=O)c4ccccc4)O3)(S(=O)(=O)c3ccccc3)C2=O)cc1. The van der Waals surface area contributed by atoms with Gasteiger partial charge in [-0.1, -0.05) is 54.6 Å². The molecule has 0 N–H and O–H groups in total. The molecule has 5 rings (SSSR count). The Morgan fingerprint density at radius 1 is 0.949 bits per heavy atom. The number of imide groups is 1. The predicted octanol–water partition coefficient (Wildman–Crippen LogP) is 3.30. The molecular weight excluding hydrogens is 522 g/mol. The number of sulfone groups is 1. The van der Waals surface area contributed by atoms with Crippen LogP contribution in [-0.4, -0.2) is 55.4 Å². The summed E-state index contributed by atoms with van der Waals surface area (Å²) < 4.78 is 42.3. The third-order valence-corrected chi connectivity index (χ3v) is 9.17. The van der Waals surface area contributed by atoms with Crippen molar-refractivity contribution in [3.05, 3.63) is 108 Å². The fraction of sp³-hybridized carbons (Fsp3) is 0.207. The number of nitrogens with zero attached hydrogens (tertiary/aromatic N) is 1. The Hall–Kier alpha value is -4.28. The first-order valence-electron chi connectivity index (χ1n) is 12.1. The standard InChI is InChI=1S/C29H25NO8S/c1-36-22-14-12-20(13-15-22)19-30-25(31)18-29(28(30)33,39(34,35)23-10-6-3-7-11-23)24-16-17-26(37-24)38-27(32)21-8-4-2-5-9-21/h2-17,24,26H,18-19H2,1H3/t24-,26-,29+/m0/s1. The summed E-state index contributed by atoms with van der Waals surface area (Å²) in [7, 11) is -2.94. The van der Waals surface area contributed by atoms with Gasteiger partial charge in [0.05, 0.1) is 30.5 Å². The predicted molar refractivity (Wildman–Crippen MR) is 139 cm³/mol. The van der Waals surface area contributed by atoms with E-state index in [1.165, 1.54) is 43.5 Å². The van der Waals surface area contributed by atoms with Gasteiger partial charge in [0.25, 0.3) is 5.91 Å². The molecule has 2 aliphatic heterocycles. The average molecular weight is 548 g/mol. The molecule has 200 valence electrons. The second-order valence-corrected chi connectivity index (χ2v) is 11.3. The van der Waals surface area contributed by atoms with Crippen LogP contribution < -0.4 is 4.74 Å². The highest BCUT2D eigenvalue weighted by molar-refractivity contribution is 7.93. The van der Waals surface area contributed by atoms with Gasteiger partial charge in [-0.15, -0.1) is 0 Å². The van der Waals surface area contributed by atoms with Crippen molar-refractivity contribution in [3.8, 4) is 5.75 Å². The zero-order valence-electron chi connectivity index (χ0n) is 20.9. The first-order valence-corrected chi connectivity index (χ1v) is 13.6. The first-order chi connectivity index (χ1) is 18.8. The molecule has 2 heterocycles. The number of esters is 1. The molecule has 0 spiro atoms. The minimum Gasteiger partial charge on any atom is -0.497 e. The van der Waals surface area contributed by atoms with Crippen molar-refractivity contribution in [2.24, 2.45) is 0 Å². The van der Waals surface area contributed by atoms with Crippen molar-refractivity contribution in [1.82, 2.24) is 4.90 Å². The van der Waals surface area contributed by atoms with E-state index in [2.05, 4.69) is 0 Å². The lowest BCUT2D eigenvalue weighted by Gasteiger charge is -2.31. The van der Waals surface area contributed by atoms with Crippen LogP contribution in [0.4, 0.5) is 0 Å². The van der Waals surface area contributed by atoms with E-state index >= 15 is 0 Å². The third kappa shape index (κ3) is 4.73. The van der Waals surface area contributed by atoms with E-state index in [0.717, 1.165) is 4.90 Å². The van der Waals surface area contributed by atoms with Gasteiger partial charge in [-0.25, -0.2) is 13.2 Å². The maximum absolute atomic E-state index is 14.1. The maximum atomic E-state index is 14.1. The molecule has 3 aromatic rings. The number of hydrogen-bond donors (Lipinski definition) is 0. The molecule has 3 aromatic carbocycles. The van der Waals surface area contributed by atoms with Gasteiger partial charge in [0.15, 0.2) is 14.6 Å². The third-order valence-electron chi connectivity index (χ3n) is 6.77. The van der Waals surface area contributed by atoms with E-state index in [9.17, 15) is 22.8 Å². The molecule has 3 atom stereocenters. The maximum Gasteiger partial charge on any atom is 0.340 e. The van der Waals surface area contributed by atoms with Crippen LogP contribution in [0, 0.1) is 0 Å². The molecule has 1 saturated heterocycles. The van der Waals surface area contributed by atoms with E-state index in [1.54, 1.807) is 60.7 Å². The number of rotatable bonds is 8. The molecule has 0 bridgehead atoms. The Labute approximate surface area is 225 Å². The molecule has 2 aliphatic rings. The molecule has 9 nitrogen and oxygen atoms in total. The van der Waals surface area contributed by atoms with Crippen LogP contribution in [0.5, 0.6) is 5.75 Å². The number of carbonyl (C=O) groups is 3. The smallest absolute Gasteiger partial charge is 0.340 e. The molecule has 39 heavy (non-hydrogen) atoms. The molecule has 0 radical (unpaired) electrons. The van der Waals surface area contributed by atoms with E-state index in [0.29, 0.717) is 11.3 Å². The summed E-state index contributed by atoms with van der Waals surface area (Å²) in [6, 6.07) is 22.4. The van der Waals surface area contributed by atoms with Gasteiger partial charge in [0.2, 0.25) is 12.2 Å². The van der Waals surface area contributed by atoms with Gasteiger partial charge in [-0.05, 0) is 48.0 Å². The fourth-order valence-corrected chi connectivity index (χ4v) is 6.74. The second kappa shape index (κ2) is 10.5. The lowest BCUT2D eigenvalue weighted by Crippen LogP contribution is -2.55. The van der Waals surface area contributed by atoms with Gasteiger partial charge in [0.1, 0.15) is 11.9 Å². The summed E-state index contributed by atoms with van der Waals surface area (Å²) in [6.07, 6.45) is -0.519. The molecule has 10 heteroatoms. The van der Waals surface area contributed by atoms with Gasteiger partial charge in [0, 0.05) is 0 Å². The van der Waals surface area contributed by atoms with Crippen LogP contribution in [-0.2, 0) is 35.4 Å². The Bertz CT molecular complexity index is 1520. The Balaban J connectivity index is 1.47. The zero-order chi connectivity index (χ0) is 27.6. The van der Waals surface area contributed by atoms with Crippen molar-refractivity contribution in [3.63, 3.8) is 0 Å². The highest BCUT2D eigenvalue weighted by Gasteiger charge is 2.65. The number of hydrogen-bond acceptors (Lipinski definition) is 8. The second-order valence-electron chi connectivity index (χ2n) is 9.10. The molecular formula is C29H25NO8S. The summed E-state index contributed by atoms with van der Waals surface area (Å²) in [5.41, 5.74) is 0.894. The summed E-state index contributed by atoms with van der Waals surface area (Å²) in [6.45, 7) is -0.128. The topological polar surface area (TPSA) is 116 Å². The quantitative estimate of drug-likeness (QED) is 0.240. The Morgan fingerprint density at radius 3 is 2.23 bits per heavy atom. The Morgan fingerprint density at radius 2 is 1.59 bits per heavy atom. The molecule has 0 aromatic heterocycles. The van der Waals surface area contributed by atoms with Crippen molar-refractivity contribution in [1.29, 1.82) is 0 Å². The summed E-state index contributed by atoms with van der Waals surface area (Å²) in [5.74, 6) is -1.64. The van der Waals surface area contributed by atoms with Gasteiger partial charge >= 0.3 is 5.97 Å². The average Bonchev–Trinajstić information content (AvgIpc) is 3.53. The summed E-state index contributed by atoms with van der Waals surface area (Å²) in [5, 5.41) is 0. The molecule has 0 aliphatic carbocycles. The lowest BCUT2D eigenvalue weighted by molar-refractivity contribution is -0.142. The van der Waals surface area contributed by atoms with E-state index < -0.39 is 51.2 Å². The number of carbonyl (C=O) groups excluding carboxylic acids is 3. The van der Waals surface area contributed by atoms with Crippen LogP contribution in [0.2, 0.25) is 0 Å². The van der Waals surface area contributed by atoms with Crippen LogP contribution in [0.3, 0.4) is 0 Å². The van der Waals surface area contributed by atoms with Crippen LogP contribution in [0.25, 0.3) is 0 Å². The first kappa shape index (κ1) is 26.3. The lowest BCUT2D eigenvalue weighted by atomic mass is 9.99. The number of amides is 2. The Kier molecular flexibility index (Phi) is 7.07. The van der Waals surface area contributed by atoms with Crippen molar-refractivity contribution >= 4 is 27.6 Å². The monoisotopic (exact) mass is 547 g/mol. The summed E-state index contributed by atoms with van der Waals surface area (Å²) in [4.78, 5) is 40.6. The van der Waals surface area contributed by atoms with E-state index in [4.69, 9.17) is 14.2 Å². The molecule has 2 amide bonds. The zero-order valence-corrected chi connectivity index (χ0v) is 21.7. The van der Waals surface area contributed by atoms with Crippen LogP contribution in [0.1, 0.15) is 22.3 Å². The number of ether oxygens (including phenoxy) is 3. The normalized spacial score (nSPS) is 22.7. The molecule has 1 fully saturated rings. The van der Waals surface area contributed by atoms with Gasteiger partial charge < -0.3 is 14.2 Å². The number of likely N-dealkylation sites (tertiary alicyclic amines) is 1. The fourth-order valence-electron chi connectivity index (χ4n) is 4.71.